The zero-order valence-electron chi connectivity index (χ0n) is 8.24. The van der Waals surface area contributed by atoms with Crippen LogP contribution in [-0.4, -0.2) is 9.97 Å². The lowest BCUT2D eigenvalue weighted by Gasteiger charge is -1.96. The van der Waals surface area contributed by atoms with Gasteiger partial charge in [-0.2, -0.15) is 0 Å². The summed E-state index contributed by atoms with van der Waals surface area (Å²) >= 11 is 1.66. The van der Waals surface area contributed by atoms with E-state index in [-0.39, 0.29) is 6.04 Å². The minimum Gasteiger partial charge on any atom is -0.360 e. The number of nitrogens with zero attached hydrogens (tertiary/aromatic N) is 1. The molecule has 14 heavy (non-hydrogen) atoms. The highest BCUT2D eigenvalue weighted by molar-refractivity contribution is 7.12. The maximum Gasteiger partial charge on any atom is 0.110 e. The van der Waals surface area contributed by atoms with Gasteiger partial charge in [-0.25, -0.2) is 4.98 Å². The van der Waals surface area contributed by atoms with Crippen LogP contribution in [0.1, 0.15) is 22.9 Å². The van der Waals surface area contributed by atoms with E-state index in [1.54, 1.807) is 11.3 Å². The standard InChI is InChI=1S/C10H13N3S/c1-6(11)10-13-9(7(2)14-10)8-4-3-5-12-8/h3-6,12H,11H2,1-2H3. The van der Waals surface area contributed by atoms with Gasteiger partial charge in [0.05, 0.1) is 11.7 Å². The molecule has 2 aromatic heterocycles. The minimum absolute atomic E-state index is 0.0161. The first-order chi connectivity index (χ1) is 6.68. The molecular weight excluding hydrogens is 194 g/mol. The number of aryl methyl sites for hydroxylation is 1. The molecule has 0 aliphatic carbocycles. The average Bonchev–Trinajstić information content (AvgIpc) is 2.71. The number of thiazole rings is 1. The summed E-state index contributed by atoms with van der Waals surface area (Å²) in [4.78, 5) is 8.87. The zero-order chi connectivity index (χ0) is 10.1. The summed E-state index contributed by atoms with van der Waals surface area (Å²) in [6.07, 6.45) is 1.90. The van der Waals surface area contributed by atoms with E-state index < -0.39 is 0 Å². The van der Waals surface area contributed by atoms with Crippen molar-refractivity contribution >= 4 is 11.3 Å². The van der Waals surface area contributed by atoms with Crippen molar-refractivity contribution in [2.24, 2.45) is 5.73 Å². The van der Waals surface area contributed by atoms with Crippen molar-refractivity contribution in [3.05, 3.63) is 28.2 Å². The Labute approximate surface area is 87.0 Å². The summed E-state index contributed by atoms with van der Waals surface area (Å²) < 4.78 is 0. The molecule has 0 aliphatic rings. The highest BCUT2D eigenvalue weighted by Gasteiger charge is 2.12. The fourth-order valence-corrected chi connectivity index (χ4v) is 2.23. The van der Waals surface area contributed by atoms with E-state index >= 15 is 0 Å². The Morgan fingerprint density at radius 1 is 1.57 bits per heavy atom. The number of rotatable bonds is 2. The van der Waals surface area contributed by atoms with Crippen LogP contribution >= 0.6 is 11.3 Å². The molecule has 0 aliphatic heterocycles. The number of aromatic nitrogens is 2. The topological polar surface area (TPSA) is 54.7 Å². The van der Waals surface area contributed by atoms with Gasteiger partial charge in [0, 0.05) is 11.1 Å². The Morgan fingerprint density at radius 2 is 2.36 bits per heavy atom. The van der Waals surface area contributed by atoms with E-state index in [0.717, 1.165) is 16.4 Å². The molecule has 3 nitrogen and oxygen atoms in total. The molecule has 2 aromatic rings. The van der Waals surface area contributed by atoms with Gasteiger partial charge in [-0.15, -0.1) is 11.3 Å². The lowest BCUT2D eigenvalue weighted by Crippen LogP contribution is -2.03. The van der Waals surface area contributed by atoms with E-state index in [1.165, 1.54) is 4.88 Å². The van der Waals surface area contributed by atoms with Crippen LogP contribution in [0.2, 0.25) is 0 Å². The molecule has 0 saturated heterocycles. The second-order valence-corrected chi connectivity index (χ2v) is 4.56. The van der Waals surface area contributed by atoms with Gasteiger partial charge in [-0.1, -0.05) is 0 Å². The number of H-pyrrole nitrogens is 1. The Bertz CT molecular complexity index is 415. The van der Waals surface area contributed by atoms with Crippen molar-refractivity contribution in [1.29, 1.82) is 0 Å². The molecule has 0 radical (unpaired) electrons. The quantitative estimate of drug-likeness (QED) is 0.794. The summed E-state index contributed by atoms with van der Waals surface area (Å²) in [6, 6.07) is 4.01. The van der Waals surface area contributed by atoms with Crippen LogP contribution in [0.5, 0.6) is 0 Å². The second kappa shape index (κ2) is 3.55. The summed E-state index contributed by atoms with van der Waals surface area (Å²) in [7, 11) is 0. The number of nitrogens with one attached hydrogen (secondary N) is 1. The van der Waals surface area contributed by atoms with Gasteiger partial charge in [0.1, 0.15) is 10.7 Å². The van der Waals surface area contributed by atoms with E-state index in [0.29, 0.717) is 0 Å². The first-order valence-corrected chi connectivity index (χ1v) is 5.37. The van der Waals surface area contributed by atoms with Crippen molar-refractivity contribution in [3.8, 4) is 11.4 Å². The summed E-state index contributed by atoms with van der Waals surface area (Å²) in [6.45, 7) is 4.02. The molecule has 2 heterocycles. The second-order valence-electron chi connectivity index (χ2n) is 3.33. The number of hydrogen-bond acceptors (Lipinski definition) is 3. The van der Waals surface area contributed by atoms with Gasteiger partial charge in [-0.05, 0) is 26.0 Å². The highest BCUT2D eigenvalue weighted by Crippen LogP contribution is 2.28. The Balaban J connectivity index is 2.45. The molecule has 4 heteroatoms. The molecular formula is C10H13N3S. The van der Waals surface area contributed by atoms with Gasteiger partial charge >= 0.3 is 0 Å². The van der Waals surface area contributed by atoms with Crippen LogP contribution < -0.4 is 5.73 Å². The third-order valence-corrected chi connectivity index (χ3v) is 3.23. The van der Waals surface area contributed by atoms with Crippen molar-refractivity contribution in [3.63, 3.8) is 0 Å². The lowest BCUT2D eigenvalue weighted by molar-refractivity contribution is 0.807. The van der Waals surface area contributed by atoms with Crippen LogP contribution in [-0.2, 0) is 0 Å². The Hall–Kier alpha value is -1.13. The Morgan fingerprint density at radius 3 is 2.86 bits per heavy atom. The smallest absolute Gasteiger partial charge is 0.110 e. The van der Waals surface area contributed by atoms with Gasteiger partial charge < -0.3 is 10.7 Å². The van der Waals surface area contributed by atoms with Crippen LogP contribution in [0.4, 0.5) is 0 Å². The fraction of sp³-hybridized carbons (Fsp3) is 0.300. The predicted octanol–water partition coefficient (Wildman–Crippen LogP) is 2.47. The zero-order valence-corrected chi connectivity index (χ0v) is 9.06. The molecule has 0 bridgehead atoms. The van der Waals surface area contributed by atoms with Crippen molar-refractivity contribution in [2.75, 3.05) is 0 Å². The number of hydrogen-bond donors (Lipinski definition) is 2. The minimum atomic E-state index is 0.0161. The summed E-state index contributed by atoms with van der Waals surface area (Å²) in [5, 5.41) is 0.993. The summed E-state index contributed by atoms with van der Waals surface area (Å²) in [5.41, 5.74) is 7.87. The molecule has 74 valence electrons. The average molecular weight is 207 g/mol. The van der Waals surface area contributed by atoms with E-state index in [1.807, 2.05) is 25.3 Å². The third kappa shape index (κ3) is 1.58. The molecule has 0 fully saturated rings. The van der Waals surface area contributed by atoms with Crippen molar-refractivity contribution < 1.29 is 0 Å². The molecule has 0 spiro atoms. The lowest BCUT2D eigenvalue weighted by atomic mass is 10.3. The third-order valence-electron chi connectivity index (χ3n) is 2.06. The first kappa shape index (κ1) is 9.43. The molecule has 2 rings (SSSR count). The van der Waals surface area contributed by atoms with E-state index in [4.69, 9.17) is 5.73 Å². The van der Waals surface area contributed by atoms with Gasteiger partial charge in [0.25, 0.3) is 0 Å². The van der Waals surface area contributed by atoms with Gasteiger partial charge in [0.2, 0.25) is 0 Å². The van der Waals surface area contributed by atoms with E-state index in [9.17, 15) is 0 Å². The predicted molar refractivity (Wildman–Crippen MR) is 59.2 cm³/mol. The largest absolute Gasteiger partial charge is 0.360 e. The van der Waals surface area contributed by atoms with E-state index in [2.05, 4.69) is 16.9 Å². The van der Waals surface area contributed by atoms with Crippen LogP contribution in [0.25, 0.3) is 11.4 Å². The highest BCUT2D eigenvalue weighted by atomic mass is 32.1. The Kier molecular flexibility index (Phi) is 2.39. The van der Waals surface area contributed by atoms with Crippen LogP contribution in [0.15, 0.2) is 18.3 Å². The molecule has 0 aromatic carbocycles. The van der Waals surface area contributed by atoms with Crippen LogP contribution in [0, 0.1) is 6.92 Å². The maximum absolute atomic E-state index is 5.79. The normalized spacial score (nSPS) is 13.1. The van der Waals surface area contributed by atoms with Crippen molar-refractivity contribution in [2.45, 2.75) is 19.9 Å². The molecule has 0 amide bonds. The van der Waals surface area contributed by atoms with Crippen molar-refractivity contribution in [1.82, 2.24) is 9.97 Å². The first-order valence-electron chi connectivity index (χ1n) is 4.55. The van der Waals surface area contributed by atoms with Crippen LogP contribution in [0.3, 0.4) is 0 Å². The number of aromatic amines is 1. The maximum atomic E-state index is 5.79. The molecule has 0 saturated carbocycles. The van der Waals surface area contributed by atoms with Gasteiger partial charge in [0.15, 0.2) is 0 Å². The monoisotopic (exact) mass is 207 g/mol. The molecule has 1 unspecified atom stereocenters. The molecule has 3 N–H and O–H groups in total. The molecule has 1 atom stereocenters. The summed E-state index contributed by atoms with van der Waals surface area (Å²) in [5.74, 6) is 0. The van der Waals surface area contributed by atoms with Gasteiger partial charge in [-0.3, -0.25) is 0 Å². The number of nitrogens with two attached hydrogens (primary N) is 1. The SMILES string of the molecule is Cc1sc(C(C)N)nc1-c1ccc[nH]1. The fourth-order valence-electron chi connectivity index (χ4n) is 1.34.